The highest BCUT2D eigenvalue weighted by Gasteiger charge is 2.04. The first-order valence-corrected chi connectivity index (χ1v) is 3.89. The third-order valence-electron chi connectivity index (χ3n) is 1.38. The summed E-state index contributed by atoms with van der Waals surface area (Å²) in [6.07, 6.45) is 0.230. The Kier molecular flexibility index (Phi) is 3.14. The Morgan fingerprint density at radius 3 is 2.77 bits per heavy atom. The molecule has 70 valence electrons. The summed E-state index contributed by atoms with van der Waals surface area (Å²) in [6.45, 7) is 1.65. The minimum atomic E-state index is -0.483. The van der Waals surface area contributed by atoms with E-state index in [0.29, 0.717) is 0 Å². The number of carbonyl (C=O) groups is 1. The van der Waals surface area contributed by atoms with E-state index in [2.05, 4.69) is 9.78 Å². The van der Waals surface area contributed by atoms with Gasteiger partial charge in [0.2, 0.25) is 5.75 Å². The fourth-order valence-corrected chi connectivity index (χ4v) is 0.678. The summed E-state index contributed by atoms with van der Waals surface area (Å²) in [7, 11) is 0. The fraction of sp³-hybridized carbons (Fsp3) is 0.222. The van der Waals surface area contributed by atoms with Gasteiger partial charge in [0.15, 0.2) is 5.75 Å². The molecular weight excluding hydrogens is 172 g/mol. The first-order valence-electron chi connectivity index (χ1n) is 3.89. The van der Waals surface area contributed by atoms with E-state index in [1.807, 2.05) is 0 Å². The molecule has 0 atom stereocenters. The molecule has 4 heteroatoms. The molecule has 0 saturated carbocycles. The van der Waals surface area contributed by atoms with Crippen LogP contribution in [0.25, 0.3) is 0 Å². The lowest BCUT2D eigenvalue weighted by molar-refractivity contribution is -0.213. The lowest BCUT2D eigenvalue weighted by Crippen LogP contribution is -2.05. The van der Waals surface area contributed by atoms with E-state index in [9.17, 15) is 9.90 Å². The van der Waals surface area contributed by atoms with Gasteiger partial charge in [0, 0.05) is 6.42 Å². The molecule has 0 saturated heterocycles. The van der Waals surface area contributed by atoms with Crippen LogP contribution in [0.3, 0.4) is 0 Å². The van der Waals surface area contributed by atoms with E-state index in [4.69, 9.17) is 0 Å². The van der Waals surface area contributed by atoms with Crippen molar-refractivity contribution in [2.45, 2.75) is 13.3 Å². The number of benzene rings is 1. The molecule has 0 amide bonds. The van der Waals surface area contributed by atoms with E-state index in [1.165, 1.54) is 12.1 Å². The van der Waals surface area contributed by atoms with Gasteiger partial charge in [0.05, 0.1) is 0 Å². The van der Waals surface area contributed by atoms with Crippen LogP contribution in [-0.4, -0.2) is 11.1 Å². The molecule has 13 heavy (non-hydrogen) atoms. The highest BCUT2D eigenvalue weighted by atomic mass is 17.2. The Bertz CT molecular complexity index is 295. The van der Waals surface area contributed by atoms with Crippen molar-refractivity contribution in [1.82, 2.24) is 0 Å². The van der Waals surface area contributed by atoms with Gasteiger partial charge in [-0.05, 0) is 12.1 Å². The largest absolute Gasteiger partial charge is 0.504 e. The standard InChI is InChI=1S/C9H10O4/c1-2-9(11)13-12-8-6-4-3-5-7(8)10/h3-6,10H,2H2,1H3. The lowest BCUT2D eigenvalue weighted by Gasteiger charge is -2.03. The number of hydrogen-bond donors (Lipinski definition) is 1. The Morgan fingerprint density at radius 2 is 2.15 bits per heavy atom. The summed E-state index contributed by atoms with van der Waals surface area (Å²) in [5.74, 6) is -0.418. The van der Waals surface area contributed by atoms with Crippen LogP contribution < -0.4 is 4.89 Å². The molecule has 0 radical (unpaired) electrons. The average Bonchev–Trinajstić information content (AvgIpc) is 2.16. The topological polar surface area (TPSA) is 55.8 Å². The number of phenols is 1. The summed E-state index contributed by atoms with van der Waals surface area (Å²) >= 11 is 0. The van der Waals surface area contributed by atoms with Crippen molar-refractivity contribution < 1.29 is 19.7 Å². The highest BCUT2D eigenvalue weighted by Crippen LogP contribution is 2.24. The zero-order valence-electron chi connectivity index (χ0n) is 7.19. The predicted molar refractivity (Wildman–Crippen MR) is 45.1 cm³/mol. The van der Waals surface area contributed by atoms with Crippen LogP contribution in [-0.2, 0) is 9.68 Å². The van der Waals surface area contributed by atoms with Crippen molar-refractivity contribution in [2.75, 3.05) is 0 Å². The molecule has 1 N–H and O–H groups in total. The number of rotatable bonds is 3. The minimum Gasteiger partial charge on any atom is -0.504 e. The van der Waals surface area contributed by atoms with E-state index < -0.39 is 5.97 Å². The molecule has 0 heterocycles. The van der Waals surface area contributed by atoms with Crippen molar-refractivity contribution in [3.05, 3.63) is 24.3 Å². The minimum absolute atomic E-state index is 0.0635. The molecule has 1 aromatic carbocycles. The third-order valence-corrected chi connectivity index (χ3v) is 1.38. The van der Waals surface area contributed by atoms with Crippen LogP contribution in [0.5, 0.6) is 11.5 Å². The summed E-state index contributed by atoms with van der Waals surface area (Å²) in [6, 6.07) is 6.24. The van der Waals surface area contributed by atoms with Gasteiger partial charge in [-0.25, -0.2) is 4.79 Å². The van der Waals surface area contributed by atoms with Crippen molar-refractivity contribution >= 4 is 5.97 Å². The number of phenolic OH excluding ortho intramolecular Hbond substituents is 1. The SMILES string of the molecule is CCC(=O)OOc1ccccc1O. The van der Waals surface area contributed by atoms with Gasteiger partial charge in [-0.1, -0.05) is 19.1 Å². The number of hydrogen-bond acceptors (Lipinski definition) is 4. The predicted octanol–water partition coefficient (Wildman–Crippen LogP) is 1.64. The Hall–Kier alpha value is -1.71. The Labute approximate surface area is 75.6 Å². The molecule has 4 nitrogen and oxygen atoms in total. The van der Waals surface area contributed by atoms with E-state index in [0.717, 1.165) is 0 Å². The monoisotopic (exact) mass is 182 g/mol. The molecule has 1 rings (SSSR count). The molecule has 0 fully saturated rings. The van der Waals surface area contributed by atoms with Gasteiger partial charge in [-0.3, -0.25) is 9.78 Å². The normalized spacial score (nSPS) is 9.31. The van der Waals surface area contributed by atoms with E-state index >= 15 is 0 Å². The van der Waals surface area contributed by atoms with Crippen LogP contribution in [0.2, 0.25) is 0 Å². The molecule has 0 bridgehead atoms. The van der Waals surface area contributed by atoms with Crippen molar-refractivity contribution in [3.8, 4) is 11.5 Å². The summed E-state index contributed by atoms with van der Waals surface area (Å²) in [4.78, 5) is 19.6. The molecule has 0 unspecified atom stereocenters. The molecule has 0 spiro atoms. The van der Waals surface area contributed by atoms with Gasteiger partial charge in [0.1, 0.15) is 0 Å². The Morgan fingerprint density at radius 1 is 1.46 bits per heavy atom. The second-order valence-electron chi connectivity index (χ2n) is 2.36. The first kappa shape index (κ1) is 9.38. The maximum absolute atomic E-state index is 10.7. The van der Waals surface area contributed by atoms with Crippen LogP contribution in [0.4, 0.5) is 0 Å². The quantitative estimate of drug-likeness (QED) is 0.570. The number of para-hydroxylation sites is 2. The van der Waals surface area contributed by atoms with Crippen LogP contribution in [0.15, 0.2) is 24.3 Å². The summed E-state index contributed by atoms with van der Waals surface area (Å²) in [5.41, 5.74) is 0. The van der Waals surface area contributed by atoms with Gasteiger partial charge in [-0.2, -0.15) is 0 Å². The summed E-state index contributed by atoms with van der Waals surface area (Å²) in [5, 5.41) is 9.18. The molecule has 0 aliphatic heterocycles. The maximum atomic E-state index is 10.7. The maximum Gasteiger partial charge on any atom is 0.355 e. The molecule has 1 aromatic rings. The Balaban J connectivity index is 2.54. The van der Waals surface area contributed by atoms with Crippen molar-refractivity contribution in [1.29, 1.82) is 0 Å². The van der Waals surface area contributed by atoms with Crippen LogP contribution in [0.1, 0.15) is 13.3 Å². The second kappa shape index (κ2) is 4.35. The molecule has 0 aliphatic rings. The smallest absolute Gasteiger partial charge is 0.355 e. The van der Waals surface area contributed by atoms with Crippen LogP contribution in [0, 0.1) is 0 Å². The number of aromatic hydroxyl groups is 1. The third kappa shape index (κ3) is 2.66. The van der Waals surface area contributed by atoms with Crippen molar-refractivity contribution in [2.24, 2.45) is 0 Å². The molecular formula is C9H10O4. The van der Waals surface area contributed by atoms with Crippen molar-refractivity contribution in [3.63, 3.8) is 0 Å². The van der Waals surface area contributed by atoms with Gasteiger partial charge in [-0.15, -0.1) is 0 Å². The average molecular weight is 182 g/mol. The highest BCUT2D eigenvalue weighted by molar-refractivity contribution is 5.68. The number of carbonyl (C=O) groups excluding carboxylic acids is 1. The first-order chi connectivity index (χ1) is 6.24. The molecule has 0 aromatic heterocycles. The zero-order chi connectivity index (χ0) is 9.68. The van der Waals surface area contributed by atoms with Gasteiger partial charge in [0.25, 0.3) is 0 Å². The fourth-order valence-electron chi connectivity index (χ4n) is 0.678. The second-order valence-corrected chi connectivity index (χ2v) is 2.36. The van der Waals surface area contributed by atoms with Gasteiger partial charge >= 0.3 is 5.97 Å². The van der Waals surface area contributed by atoms with Gasteiger partial charge < -0.3 is 5.11 Å². The van der Waals surface area contributed by atoms with E-state index in [-0.39, 0.29) is 17.9 Å². The summed E-state index contributed by atoms with van der Waals surface area (Å²) < 4.78 is 0. The van der Waals surface area contributed by atoms with Crippen LogP contribution >= 0.6 is 0 Å². The van der Waals surface area contributed by atoms with E-state index in [1.54, 1.807) is 19.1 Å². The zero-order valence-corrected chi connectivity index (χ0v) is 7.19. The lowest BCUT2D eigenvalue weighted by atomic mass is 10.3. The molecule has 0 aliphatic carbocycles.